The van der Waals surface area contributed by atoms with Crippen molar-refractivity contribution in [3.8, 4) is 17.0 Å². The molecule has 6 heteroatoms. The minimum Gasteiger partial charge on any atom is -0.497 e. The predicted octanol–water partition coefficient (Wildman–Crippen LogP) is 4.28. The van der Waals surface area contributed by atoms with Crippen LogP contribution in [-0.4, -0.2) is 27.2 Å². The van der Waals surface area contributed by atoms with Gasteiger partial charge in [-0.3, -0.25) is 15.0 Å². The van der Waals surface area contributed by atoms with Crippen molar-refractivity contribution in [3.05, 3.63) is 90.3 Å². The zero-order valence-electron chi connectivity index (χ0n) is 15.7. The fourth-order valence-electron chi connectivity index (χ4n) is 3.22. The number of aromatic nitrogens is 3. The van der Waals surface area contributed by atoms with Gasteiger partial charge in [0.2, 0.25) is 0 Å². The third-order valence-electron chi connectivity index (χ3n) is 4.58. The number of nitrogens with one attached hydrogen (secondary N) is 1. The quantitative estimate of drug-likeness (QED) is 0.499. The van der Waals surface area contributed by atoms with Crippen LogP contribution in [0, 0.1) is 0 Å². The molecule has 1 aromatic carbocycles. The second-order valence-electron chi connectivity index (χ2n) is 6.58. The summed E-state index contributed by atoms with van der Waals surface area (Å²) >= 11 is 0. The Morgan fingerprint density at radius 1 is 1.00 bits per heavy atom. The van der Waals surface area contributed by atoms with Gasteiger partial charge in [0.15, 0.2) is 0 Å². The molecular formula is C22H22N4O2. The van der Waals surface area contributed by atoms with Gasteiger partial charge in [-0.2, -0.15) is 5.10 Å². The van der Waals surface area contributed by atoms with E-state index in [4.69, 9.17) is 9.15 Å². The molecule has 0 radical (unpaired) electrons. The van der Waals surface area contributed by atoms with E-state index in [1.54, 1.807) is 19.6 Å². The van der Waals surface area contributed by atoms with Crippen LogP contribution >= 0.6 is 0 Å². The maximum absolute atomic E-state index is 5.57. The van der Waals surface area contributed by atoms with Crippen molar-refractivity contribution in [1.29, 1.82) is 0 Å². The van der Waals surface area contributed by atoms with Gasteiger partial charge >= 0.3 is 0 Å². The SMILES string of the molecule is COc1ccc(-c2[nH]ncc2CN(Cc2cccnc2)Cc2ccco2)cc1. The highest BCUT2D eigenvalue weighted by atomic mass is 16.5. The van der Waals surface area contributed by atoms with Gasteiger partial charge in [-0.05, 0) is 48.0 Å². The normalized spacial score (nSPS) is 11.1. The Balaban J connectivity index is 1.57. The molecule has 3 heterocycles. The topological polar surface area (TPSA) is 67.2 Å². The van der Waals surface area contributed by atoms with Crippen LogP contribution in [0.25, 0.3) is 11.3 Å². The number of furan rings is 1. The molecule has 3 aromatic heterocycles. The zero-order valence-corrected chi connectivity index (χ0v) is 15.7. The fourth-order valence-corrected chi connectivity index (χ4v) is 3.22. The zero-order chi connectivity index (χ0) is 19.2. The fraction of sp³-hybridized carbons (Fsp3) is 0.182. The molecule has 0 aliphatic carbocycles. The van der Waals surface area contributed by atoms with E-state index in [1.807, 2.05) is 54.9 Å². The first-order chi connectivity index (χ1) is 13.8. The van der Waals surface area contributed by atoms with Crippen molar-refractivity contribution in [2.75, 3.05) is 7.11 Å². The first kappa shape index (κ1) is 18.0. The van der Waals surface area contributed by atoms with Crippen molar-refractivity contribution >= 4 is 0 Å². The number of H-pyrrole nitrogens is 1. The third kappa shape index (κ3) is 4.29. The number of pyridine rings is 1. The van der Waals surface area contributed by atoms with Gasteiger partial charge in [-0.25, -0.2) is 0 Å². The first-order valence-electron chi connectivity index (χ1n) is 9.12. The lowest BCUT2D eigenvalue weighted by molar-refractivity contribution is 0.227. The molecule has 0 unspecified atom stereocenters. The Hall–Kier alpha value is -3.38. The summed E-state index contributed by atoms with van der Waals surface area (Å²) in [5.41, 5.74) is 4.37. The smallest absolute Gasteiger partial charge is 0.118 e. The molecule has 6 nitrogen and oxygen atoms in total. The van der Waals surface area contributed by atoms with Gasteiger partial charge < -0.3 is 9.15 Å². The third-order valence-corrected chi connectivity index (χ3v) is 4.58. The van der Waals surface area contributed by atoms with Crippen LogP contribution in [0.15, 0.2) is 77.8 Å². The second-order valence-corrected chi connectivity index (χ2v) is 6.58. The van der Waals surface area contributed by atoms with E-state index in [0.29, 0.717) is 6.54 Å². The van der Waals surface area contributed by atoms with Gasteiger partial charge in [-0.1, -0.05) is 6.07 Å². The standard InChI is InChI=1S/C22H22N4O2/c1-27-20-8-6-18(7-9-20)22-19(13-24-25-22)15-26(16-21-5-3-11-28-21)14-17-4-2-10-23-12-17/h2-13H,14-16H2,1H3,(H,24,25). The van der Waals surface area contributed by atoms with Gasteiger partial charge in [-0.15, -0.1) is 0 Å². The van der Waals surface area contributed by atoms with Gasteiger partial charge in [0.05, 0.1) is 31.8 Å². The summed E-state index contributed by atoms with van der Waals surface area (Å²) in [6.45, 7) is 2.20. The van der Waals surface area contributed by atoms with Crippen LogP contribution in [0.2, 0.25) is 0 Å². The summed E-state index contributed by atoms with van der Waals surface area (Å²) in [7, 11) is 1.67. The van der Waals surface area contributed by atoms with Crippen molar-refractivity contribution in [2.24, 2.45) is 0 Å². The van der Waals surface area contributed by atoms with Gasteiger partial charge in [0.1, 0.15) is 11.5 Å². The van der Waals surface area contributed by atoms with Crippen molar-refractivity contribution in [1.82, 2.24) is 20.1 Å². The number of benzene rings is 1. The van der Waals surface area contributed by atoms with Crippen molar-refractivity contribution < 1.29 is 9.15 Å². The molecule has 0 fully saturated rings. The average Bonchev–Trinajstić information content (AvgIpc) is 3.41. The number of aromatic amines is 1. The summed E-state index contributed by atoms with van der Waals surface area (Å²) in [5, 5.41) is 7.41. The molecule has 4 rings (SSSR count). The Labute approximate surface area is 163 Å². The molecule has 4 aromatic rings. The monoisotopic (exact) mass is 374 g/mol. The van der Waals surface area contributed by atoms with E-state index in [1.165, 1.54) is 0 Å². The highest BCUT2D eigenvalue weighted by Crippen LogP contribution is 2.25. The van der Waals surface area contributed by atoms with Crippen molar-refractivity contribution in [2.45, 2.75) is 19.6 Å². The Bertz CT molecular complexity index is 979. The predicted molar refractivity (Wildman–Crippen MR) is 106 cm³/mol. The molecule has 0 saturated carbocycles. The lowest BCUT2D eigenvalue weighted by atomic mass is 10.1. The molecule has 0 aliphatic rings. The van der Waals surface area contributed by atoms with Gasteiger partial charge in [0, 0.05) is 36.6 Å². The molecule has 0 atom stereocenters. The van der Waals surface area contributed by atoms with Crippen LogP contribution < -0.4 is 4.74 Å². The number of hydrogen-bond donors (Lipinski definition) is 1. The number of rotatable bonds is 8. The second kappa shape index (κ2) is 8.54. The lowest BCUT2D eigenvalue weighted by Crippen LogP contribution is -2.22. The van der Waals surface area contributed by atoms with Crippen molar-refractivity contribution in [3.63, 3.8) is 0 Å². The molecule has 0 spiro atoms. The van der Waals surface area contributed by atoms with E-state index in [2.05, 4.69) is 26.1 Å². The first-order valence-corrected chi connectivity index (χ1v) is 9.12. The van der Waals surface area contributed by atoms with E-state index < -0.39 is 0 Å². The largest absolute Gasteiger partial charge is 0.497 e. The number of hydrogen-bond acceptors (Lipinski definition) is 5. The van der Waals surface area contributed by atoms with E-state index >= 15 is 0 Å². The molecule has 142 valence electrons. The maximum atomic E-state index is 5.57. The van der Waals surface area contributed by atoms with E-state index in [-0.39, 0.29) is 0 Å². The summed E-state index contributed by atoms with van der Waals surface area (Å²) < 4.78 is 10.8. The maximum Gasteiger partial charge on any atom is 0.118 e. The summed E-state index contributed by atoms with van der Waals surface area (Å²) in [6.07, 6.45) is 7.28. The van der Waals surface area contributed by atoms with Gasteiger partial charge in [0.25, 0.3) is 0 Å². The van der Waals surface area contributed by atoms with E-state index in [0.717, 1.165) is 47.0 Å². The summed E-state index contributed by atoms with van der Waals surface area (Å²) in [5.74, 6) is 1.76. The lowest BCUT2D eigenvalue weighted by Gasteiger charge is -2.21. The van der Waals surface area contributed by atoms with Crippen LogP contribution in [-0.2, 0) is 19.6 Å². The summed E-state index contributed by atoms with van der Waals surface area (Å²) in [4.78, 5) is 6.55. The van der Waals surface area contributed by atoms with Crippen LogP contribution in [0.4, 0.5) is 0 Å². The molecule has 28 heavy (non-hydrogen) atoms. The van der Waals surface area contributed by atoms with Crippen LogP contribution in [0.3, 0.4) is 0 Å². The van der Waals surface area contributed by atoms with Crippen LogP contribution in [0.1, 0.15) is 16.9 Å². The summed E-state index contributed by atoms with van der Waals surface area (Å²) in [6, 6.07) is 15.9. The minimum atomic E-state index is 0.703. The molecule has 0 bridgehead atoms. The van der Waals surface area contributed by atoms with Crippen LogP contribution in [0.5, 0.6) is 5.75 Å². The molecule has 0 aliphatic heterocycles. The minimum absolute atomic E-state index is 0.703. The number of methoxy groups -OCH3 is 1. The Morgan fingerprint density at radius 2 is 1.89 bits per heavy atom. The Morgan fingerprint density at radius 3 is 2.61 bits per heavy atom. The molecular weight excluding hydrogens is 352 g/mol. The number of nitrogens with zero attached hydrogens (tertiary/aromatic N) is 3. The average molecular weight is 374 g/mol. The highest BCUT2D eigenvalue weighted by Gasteiger charge is 2.15. The molecule has 0 saturated heterocycles. The Kier molecular flexibility index (Phi) is 5.49. The van der Waals surface area contributed by atoms with E-state index in [9.17, 15) is 0 Å². The highest BCUT2D eigenvalue weighted by molar-refractivity contribution is 5.63. The molecule has 1 N–H and O–H groups in total. The molecule has 0 amide bonds. The number of ether oxygens (including phenoxy) is 1.